The van der Waals surface area contributed by atoms with Gasteiger partial charge in [-0.05, 0) is 75.3 Å². The lowest BCUT2D eigenvalue weighted by atomic mass is 10.1. The number of sulfonamides is 1. The lowest BCUT2D eigenvalue weighted by molar-refractivity contribution is -0.138. The Morgan fingerprint density at radius 2 is 1.55 bits per heavy atom. The lowest BCUT2D eigenvalue weighted by Gasteiger charge is -2.19. The number of imidazole rings is 1. The average Bonchev–Trinajstić information content (AvgIpc) is 3.78. The molecular weight excluding hydrogens is 861 g/mol. The Kier molecular flexibility index (Phi) is 20.1. The number of aromatic amines is 1. The zero-order valence-electron chi connectivity index (χ0n) is 37.4. The molecule has 4 aromatic rings. The summed E-state index contributed by atoms with van der Waals surface area (Å²) in [5, 5.41) is 24.1. The van der Waals surface area contributed by atoms with Crippen molar-refractivity contribution in [2.45, 2.75) is 103 Å². The third-order valence-electron chi connectivity index (χ3n) is 10.3. The molecule has 10 N–H and O–H groups in total. The third kappa shape index (κ3) is 16.1. The molecule has 1 unspecified atom stereocenters. The van der Waals surface area contributed by atoms with Crippen molar-refractivity contribution in [2.75, 3.05) is 44.7 Å². The highest BCUT2D eigenvalue weighted by atomic mass is 32.2. The van der Waals surface area contributed by atoms with E-state index in [-0.39, 0.29) is 59.5 Å². The van der Waals surface area contributed by atoms with Gasteiger partial charge in [0.25, 0.3) is 5.91 Å². The van der Waals surface area contributed by atoms with Crippen LogP contribution in [0.1, 0.15) is 84.5 Å². The molecule has 4 rings (SSSR count). The summed E-state index contributed by atoms with van der Waals surface area (Å²) in [5.74, 6) is -2.69. The number of aromatic nitrogens is 3. The van der Waals surface area contributed by atoms with Crippen molar-refractivity contribution in [3.8, 4) is 0 Å². The number of anilines is 1. The monoisotopic (exact) mass is 922 g/mol. The summed E-state index contributed by atoms with van der Waals surface area (Å²) >= 11 is 0. The molecule has 0 aliphatic carbocycles. The number of H-pyrrole nitrogens is 1. The molecule has 65 heavy (non-hydrogen) atoms. The molecule has 2 atom stereocenters. The molecule has 0 spiro atoms. The Hall–Kier alpha value is -6.16. The minimum atomic E-state index is -4.33. The fourth-order valence-corrected chi connectivity index (χ4v) is 8.73. The maximum absolute atomic E-state index is 13.8. The summed E-state index contributed by atoms with van der Waals surface area (Å²) in [6.07, 6.45) is 7.62. The summed E-state index contributed by atoms with van der Waals surface area (Å²) in [6.45, 7) is 8.85. The Labute approximate surface area is 378 Å². The third-order valence-corrected chi connectivity index (χ3v) is 12.0. The number of hydrogen-bond donors (Lipinski definition) is 9. The van der Waals surface area contributed by atoms with Gasteiger partial charge in [0.05, 0.1) is 16.5 Å². The first-order chi connectivity index (χ1) is 31.0. The highest BCUT2D eigenvalue weighted by Crippen LogP contribution is 2.22. The van der Waals surface area contributed by atoms with Crippen molar-refractivity contribution >= 4 is 56.5 Å². The van der Waals surface area contributed by atoms with Crippen molar-refractivity contribution in [1.29, 1.82) is 0 Å². The number of aryl methyl sites for hydroxylation is 4. The predicted octanol–water partition coefficient (Wildman–Crippen LogP) is 1.87. The van der Waals surface area contributed by atoms with Gasteiger partial charge >= 0.3 is 5.97 Å². The number of amides is 4. The molecule has 0 saturated heterocycles. The molecule has 0 saturated carbocycles. The molecule has 2 aromatic carbocycles. The van der Waals surface area contributed by atoms with Gasteiger partial charge in [-0.1, -0.05) is 37.1 Å². The van der Waals surface area contributed by atoms with Gasteiger partial charge in [-0.3, -0.25) is 28.8 Å². The van der Waals surface area contributed by atoms with Crippen LogP contribution in [0.25, 0.3) is 10.9 Å². The summed E-state index contributed by atoms with van der Waals surface area (Å²) < 4.78 is 36.1. The zero-order valence-corrected chi connectivity index (χ0v) is 38.2. The first-order valence-corrected chi connectivity index (χ1v) is 23.1. The number of benzene rings is 2. The Balaban J connectivity index is 1.31. The highest BCUT2D eigenvalue weighted by molar-refractivity contribution is 7.89. The average molecular weight is 923 g/mol. The SMILES string of the molecule is CCC[C@H](N)C(=O)NCCCOCCCNC(=O)CCC(=O)NCCCn1cc(C(=O)NCC(NS(=O)(=O)c2c(C)cc(C)cc2C)C(=O)O)c(=O)c2ccc(CNc3ncc[nH]3)cc21. The number of carboxylic acids is 1. The summed E-state index contributed by atoms with van der Waals surface area (Å²) in [6, 6.07) is 6.16. The van der Waals surface area contributed by atoms with Gasteiger partial charge in [-0.25, -0.2) is 13.4 Å². The molecule has 0 fully saturated rings. The van der Waals surface area contributed by atoms with E-state index in [1.165, 1.54) is 6.20 Å². The van der Waals surface area contributed by atoms with Gasteiger partial charge in [-0.2, -0.15) is 4.72 Å². The molecule has 4 amide bonds. The quantitative estimate of drug-likeness (QED) is 0.0368. The number of nitrogens with one attached hydrogen (secondary N) is 7. The normalized spacial score (nSPS) is 12.3. The van der Waals surface area contributed by atoms with E-state index in [2.05, 4.69) is 41.3 Å². The number of pyridine rings is 1. The minimum absolute atomic E-state index is 0.0143. The maximum Gasteiger partial charge on any atom is 0.323 e. The number of aliphatic carboxylic acids is 1. The van der Waals surface area contributed by atoms with Crippen LogP contribution in [0.15, 0.2) is 58.6 Å². The summed E-state index contributed by atoms with van der Waals surface area (Å²) in [7, 11) is -4.33. The van der Waals surface area contributed by atoms with E-state index >= 15 is 0 Å². The number of carbonyl (C=O) groups is 5. The Morgan fingerprint density at radius 3 is 2.17 bits per heavy atom. The second-order valence-corrected chi connectivity index (χ2v) is 17.4. The van der Waals surface area contributed by atoms with Gasteiger partial charge in [0, 0.05) is 89.3 Å². The zero-order chi connectivity index (χ0) is 47.5. The Bertz CT molecular complexity index is 2420. The largest absolute Gasteiger partial charge is 0.480 e. The highest BCUT2D eigenvalue weighted by Gasteiger charge is 2.29. The van der Waals surface area contributed by atoms with E-state index in [4.69, 9.17) is 10.5 Å². The fourth-order valence-electron chi connectivity index (χ4n) is 7.09. The number of nitrogens with zero attached hydrogens (tertiary/aromatic N) is 2. The molecule has 20 nitrogen and oxygen atoms in total. The molecule has 0 bridgehead atoms. The molecule has 0 aliphatic heterocycles. The second-order valence-electron chi connectivity index (χ2n) is 15.7. The van der Waals surface area contributed by atoms with Crippen LogP contribution in [0.5, 0.6) is 0 Å². The van der Waals surface area contributed by atoms with E-state index in [0.29, 0.717) is 81.1 Å². The smallest absolute Gasteiger partial charge is 0.323 e. The number of carboxylic acid groups (broad SMARTS) is 1. The van der Waals surface area contributed by atoms with E-state index in [1.807, 2.05) is 13.8 Å². The van der Waals surface area contributed by atoms with E-state index in [1.54, 1.807) is 61.1 Å². The van der Waals surface area contributed by atoms with Crippen LogP contribution in [0, 0.1) is 20.8 Å². The molecule has 354 valence electrons. The number of hydrogen-bond acceptors (Lipinski definition) is 12. The fraction of sp³-hybridized carbons (Fsp3) is 0.477. The van der Waals surface area contributed by atoms with Crippen LogP contribution in [0.2, 0.25) is 0 Å². The lowest BCUT2D eigenvalue weighted by Crippen LogP contribution is -2.49. The molecule has 0 aliphatic rings. The first kappa shape index (κ1) is 51.5. The van der Waals surface area contributed by atoms with Crippen LogP contribution >= 0.6 is 0 Å². The first-order valence-electron chi connectivity index (χ1n) is 21.7. The van der Waals surface area contributed by atoms with Crippen molar-refractivity contribution in [3.05, 3.63) is 87.0 Å². The van der Waals surface area contributed by atoms with Crippen molar-refractivity contribution < 1.29 is 42.2 Å². The number of ether oxygens (including phenoxy) is 1. The molecular formula is C44H62N10O10S. The van der Waals surface area contributed by atoms with E-state index in [9.17, 15) is 42.3 Å². The number of rotatable bonds is 28. The summed E-state index contributed by atoms with van der Waals surface area (Å²) in [4.78, 5) is 83.4. The van der Waals surface area contributed by atoms with E-state index < -0.39 is 46.0 Å². The van der Waals surface area contributed by atoms with Crippen molar-refractivity contribution in [2.24, 2.45) is 5.73 Å². The van der Waals surface area contributed by atoms with Crippen LogP contribution in [-0.2, 0) is 47.0 Å². The topological polar surface area (TPSA) is 298 Å². The number of carbonyl (C=O) groups excluding carboxylic acids is 4. The van der Waals surface area contributed by atoms with Crippen LogP contribution < -0.4 is 42.5 Å². The van der Waals surface area contributed by atoms with Crippen LogP contribution in [-0.4, -0.2) is 109 Å². The maximum atomic E-state index is 13.8. The molecule has 0 radical (unpaired) electrons. The predicted molar refractivity (Wildman–Crippen MR) is 245 cm³/mol. The summed E-state index contributed by atoms with van der Waals surface area (Å²) in [5.41, 5.74) is 7.84. The molecule has 21 heteroatoms. The number of nitrogens with two attached hydrogens (primary N) is 1. The van der Waals surface area contributed by atoms with Gasteiger partial charge in [0.1, 0.15) is 11.6 Å². The van der Waals surface area contributed by atoms with Crippen molar-refractivity contribution in [1.82, 2.24) is 40.5 Å². The second kappa shape index (κ2) is 25.4. The van der Waals surface area contributed by atoms with Crippen molar-refractivity contribution in [3.63, 3.8) is 0 Å². The molecule has 2 heterocycles. The van der Waals surface area contributed by atoms with Gasteiger partial charge < -0.3 is 51.7 Å². The van der Waals surface area contributed by atoms with Crippen LogP contribution in [0.3, 0.4) is 0 Å². The van der Waals surface area contributed by atoms with Crippen LogP contribution in [0.4, 0.5) is 5.95 Å². The minimum Gasteiger partial charge on any atom is -0.480 e. The van der Waals surface area contributed by atoms with Gasteiger partial charge in [-0.15, -0.1) is 0 Å². The van der Waals surface area contributed by atoms with Gasteiger partial charge in [0.15, 0.2) is 5.95 Å². The number of fused-ring (bicyclic) bond motifs is 1. The molecule has 2 aromatic heterocycles. The standard InChI is InChI=1S/C44H62N10O10S/c1-5-9-34(45)42(59)48-16-8-21-64-20-7-15-47-38(56)13-12-37(55)46-14-6-19-54-27-33(39(57)32-11-10-31(24-36(32)54)25-52-44-49-17-18-50-44)41(58)51-26-35(43(60)61)53-65(62,63)40-29(3)22-28(2)23-30(40)4/h10-11,17-18,22-24,27,34-35,53H,5-9,12-16,19-21,25-26,45H2,1-4H3,(H,46,55)(H,47,56)(H,48,59)(H,51,58)(H,60,61)(H2,49,50,52)/t34-,35?/m0/s1. The van der Waals surface area contributed by atoms with Gasteiger partial charge in [0.2, 0.25) is 33.2 Å². The Morgan fingerprint density at radius 1 is 0.908 bits per heavy atom. The van der Waals surface area contributed by atoms with E-state index in [0.717, 1.165) is 17.5 Å².